The highest BCUT2D eigenvalue weighted by molar-refractivity contribution is 7.09. The van der Waals surface area contributed by atoms with Crippen molar-refractivity contribution in [3.8, 4) is 0 Å². The molecule has 1 saturated heterocycles. The van der Waals surface area contributed by atoms with Crippen LogP contribution in [0, 0.1) is 5.92 Å². The van der Waals surface area contributed by atoms with Gasteiger partial charge in [0.1, 0.15) is 5.82 Å². The SMILES string of the molecule is CC(C)CC1COCCN1c1nc(C(C)(C)C)ns1. The summed E-state index contributed by atoms with van der Waals surface area (Å²) in [4.78, 5) is 7.13. The van der Waals surface area contributed by atoms with Crippen LogP contribution in [0.15, 0.2) is 0 Å². The van der Waals surface area contributed by atoms with Crippen LogP contribution in [0.3, 0.4) is 0 Å². The fourth-order valence-electron chi connectivity index (χ4n) is 2.28. The minimum atomic E-state index is 0.0224. The Labute approximate surface area is 120 Å². The van der Waals surface area contributed by atoms with Gasteiger partial charge in [0.15, 0.2) is 0 Å². The van der Waals surface area contributed by atoms with E-state index >= 15 is 0 Å². The number of nitrogens with zero attached hydrogens (tertiary/aromatic N) is 3. The smallest absolute Gasteiger partial charge is 0.205 e. The molecule has 0 radical (unpaired) electrons. The van der Waals surface area contributed by atoms with Crippen LogP contribution < -0.4 is 4.90 Å². The van der Waals surface area contributed by atoms with Gasteiger partial charge < -0.3 is 9.64 Å². The molecule has 1 aromatic heterocycles. The molecule has 1 aliphatic rings. The van der Waals surface area contributed by atoms with Crippen LogP contribution in [-0.4, -0.2) is 35.2 Å². The van der Waals surface area contributed by atoms with Crippen molar-refractivity contribution in [2.75, 3.05) is 24.7 Å². The molecule has 0 bridgehead atoms. The zero-order valence-electron chi connectivity index (χ0n) is 12.6. The third-order valence-electron chi connectivity index (χ3n) is 3.30. The van der Waals surface area contributed by atoms with Gasteiger partial charge in [-0.25, -0.2) is 4.98 Å². The number of rotatable bonds is 3. The van der Waals surface area contributed by atoms with Crippen LogP contribution in [-0.2, 0) is 10.2 Å². The highest BCUT2D eigenvalue weighted by Crippen LogP contribution is 2.28. The molecule has 2 rings (SSSR count). The molecular formula is C14H25N3OS. The standard InChI is InChI=1S/C14H25N3OS/c1-10(2)8-11-9-18-7-6-17(11)13-15-12(16-19-13)14(3,4)5/h10-11H,6-9H2,1-5H3. The first-order chi connectivity index (χ1) is 8.88. The quantitative estimate of drug-likeness (QED) is 0.854. The molecule has 5 heteroatoms. The van der Waals surface area contributed by atoms with E-state index in [2.05, 4.69) is 43.9 Å². The monoisotopic (exact) mass is 283 g/mol. The van der Waals surface area contributed by atoms with E-state index in [0.717, 1.165) is 37.1 Å². The van der Waals surface area contributed by atoms with Crippen LogP contribution in [0.4, 0.5) is 5.13 Å². The zero-order chi connectivity index (χ0) is 14.0. The van der Waals surface area contributed by atoms with E-state index in [0.29, 0.717) is 12.0 Å². The average molecular weight is 283 g/mol. The minimum Gasteiger partial charge on any atom is -0.377 e. The second-order valence-corrected chi connectivity index (χ2v) is 7.43. The number of hydrogen-bond acceptors (Lipinski definition) is 5. The highest BCUT2D eigenvalue weighted by Gasteiger charge is 2.28. The Morgan fingerprint density at radius 1 is 1.42 bits per heavy atom. The Hall–Kier alpha value is -0.680. The second kappa shape index (κ2) is 5.75. The number of anilines is 1. The van der Waals surface area contributed by atoms with Gasteiger partial charge >= 0.3 is 0 Å². The maximum atomic E-state index is 5.62. The lowest BCUT2D eigenvalue weighted by molar-refractivity contribution is 0.0877. The van der Waals surface area contributed by atoms with E-state index in [1.54, 1.807) is 0 Å². The van der Waals surface area contributed by atoms with Crippen LogP contribution >= 0.6 is 11.5 Å². The van der Waals surface area contributed by atoms with Gasteiger partial charge in [-0.05, 0) is 12.3 Å². The van der Waals surface area contributed by atoms with Crippen LogP contribution in [0.25, 0.3) is 0 Å². The second-order valence-electron chi connectivity index (χ2n) is 6.70. The summed E-state index contributed by atoms with van der Waals surface area (Å²) < 4.78 is 10.1. The molecule has 1 fully saturated rings. The molecule has 0 saturated carbocycles. The number of hydrogen-bond donors (Lipinski definition) is 0. The lowest BCUT2D eigenvalue weighted by Gasteiger charge is -2.36. The highest BCUT2D eigenvalue weighted by atomic mass is 32.1. The van der Waals surface area contributed by atoms with Crippen LogP contribution in [0.2, 0.25) is 0 Å². The predicted molar refractivity (Wildman–Crippen MR) is 80.0 cm³/mol. The lowest BCUT2D eigenvalue weighted by atomic mass is 9.96. The molecule has 0 amide bonds. The van der Waals surface area contributed by atoms with Crippen molar-refractivity contribution in [1.29, 1.82) is 0 Å². The van der Waals surface area contributed by atoms with E-state index in [9.17, 15) is 0 Å². The molecule has 2 heterocycles. The Bertz CT molecular complexity index is 411. The van der Waals surface area contributed by atoms with Gasteiger partial charge in [0.2, 0.25) is 5.13 Å². The fourth-order valence-corrected chi connectivity index (χ4v) is 3.24. The summed E-state index contributed by atoms with van der Waals surface area (Å²) in [5, 5.41) is 1.05. The van der Waals surface area contributed by atoms with E-state index in [4.69, 9.17) is 9.72 Å². The summed E-state index contributed by atoms with van der Waals surface area (Å²) in [5.74, 6) is 1.62. The number of ether oxygens (including phenoxy) is 1. The first-order valence-corrected chi connectivity index (χ1v) is 7.84. The van der Waals surface area contributed by atoms with Crippen molar-refractivity contribution in [3.05, 3.63) is 5.82 Å². The van der Waals surface area contributed by atoms with E-state index in [1.165, 1.54) is 11.5 Å². The van der Waals surface area contributed by atoms with Crippen molar-refractivity contribution in [2.45, 2.75) is 52.5 Å². The molecule has 0 aliphatic carbocycles. The first kappa shape index (κ1) is 14.7. The van der Waals surface area contributed by atoms with Gasteiger partial charge in [-0.3, -0.25) is 0 Å². The van der Waals surface area contributed by atoms with Crippen molar-refractivity contribution in [1.82, 2.24) is 9.36 Å². The molecule has 108 valence electrons. The molecule has 19 heavy (non-hydrogen) atoms. The van der Waals surface area contributed by atoms with Gasteiger partial charge in [-0.1, -0.05) is 34.6 Å². The molecule has 4 nitrogen and oxygen atoms in total. The van der Waals surface area contributed by atoms with Crippen molar-refractivity contribution >= 4 is 16.7 Å². The molecule has 0 aromatic carbocycles. The van der Waals surface area contributed by atoms with E-state index in [1.807, 2.05) is 0 Å². The zero-order valence-corrected chi connectivity index (χ0v) is 13.5. The summed E-state index contributed by atoms with van der Waals surface area (Å²) in [6.07, 6.45) is 1.14. The van der Waals surface area contributed by atoms with Crippen molar-refractivity contribution < 1.29 is 4.74 Å². The Morgan fingerprint density at radius 3 is 2.74 bits per heavy atom. The van der Waals surface area contributed by atoms with Gasteiger partial charge in [0.25, 0.3) is 0 Å². The van der Waals surface area contributed by atoms with Gasteiger partial charge in [0.05, 0.1) is 19.3 Å². The predicted octanol–water partition coefficient (Wildman–Crippen LogP) is 3.09. The summed E-state index contributed by atoms with van der Waals surface area (Å²) in [6.45, 7) is 13.5. The molecule has 1 aliphatic heterocycles. The summed E-state index contributed by atoms with van der Waals surface area (Å²) in [5.41, 5.74) is 0.0224. The third-order valence-corrected chi connectivity index (χ3v) is 4.06. The first-order valence-electron chi connectivity index (χ1n) is 7.06. The van der Waals surface area contributed by atoms with Crippen molar-refractivity contribution in [3.63, 3.8) is 0 Å². The Kier molecular flexibility index (Phi) is 4.46. The topological polar surface area (TPSA) is 38.2 Å². The maximum Gasteiger partial charge on any atom is 0.205 e. The number of aromatic nitrogens is 2. The van der Waals surface area contributed by atoms with Gasteiger partial charge in [-0.2, -0.15) is 4.37 Å². The summed E-state index contributed by atoms with van der Waals surface area (Å²) in [6, 6.07) is 0.439. The molecule has 1 aromatic rings. The molecule has 1 unspecified atom stereocenters. The summed E-state index contributed by atoms with van der Waals surface area (Å²) >= 11 is 1.52. The molecule has 1 atom stereocenters. The van der Waals surface area contributed by atoms with Crippen LogP contribution in [0.1, 0.15) is 46.9 Å². The van der Waals surface area contributed by atoms with Gasteiger partial charge in [-0.15, -0.1) is 0 Å². The molecular weight excluding hydrogens is 258 g/mol. The summed E-state index contributed by atoms with van der Waals surface area (Å²) in [7, 11) is 0. The normalized spacial score (nSPS) is 21.2. The van der Waals surface area contributed by atoms with E-state index in [-0.39, 0.29) is 5.41 Å². The fraction of sp³-hybridized carbons (Fsp3) is 0.857. The molecule has 0 spiro atoms. The van der Waals surface area contributed by atoms with Gasteiger partial charge in [0, 0.05) is 23.5 Å². The maximum absolute atomic E-state index is 5.62. The number of morpholine rings is 1. The average Bonchev–Trinajstić information content (AvgIpc) is 2.77. The van der Waals surface area contributed by atoms with Crippen LogP contribution in [0.5, 0.6) is 0 Å². The Morgan fingerprint density at radius 2 is 2.16 bits per heavy atom. The largest absolute Gasteiger partial charge is 0.377 e. The van der Waals surface area contributed by atoms with E-state index < -0.39 is 0 Å². The van der Waals surface area contributed by atoms with Crippen molar-refractivity contribution in [2.24, 2.45) is 5.92 Å². The molecule has 0 N–H and O–H groups in total. The third kappa shape index (κ3) is 3.66. The lowest BCUT2D eigenvalue weighted by Crippen LogP contribution is -2.46. The Balaban J connectivity index is 2.15. The minimum absolute atomic E-state index is 0.0224.